The van der Waals surface area contributed by atoms with Crippen LogP contribution in [0.5, 0.6) is 11.5 Å². The van der Waals surface area contributed by atoms with E-state index >= 15 is 0 Å². The number of hydrogen-bond acceptors (Lipinski definition) is 7. The van der Waals surface area contributed by atoms with E-state index in [1.807, 2.05) is 0 Å². The highest BCUT2D eigenvalue weighted by Gasteiger charge is 2.31. The summed E-state index contributed by atoms with van der Waals surface area (Å²) >= 11 is 0. The first-order chi connectivity index (χ1) is 16.9. The molecule has 2 aromatic rings. The first kappa shape index (κ1) is 27.1. The molecule has 1 saturated carbocycles. The maximum Gasteiger partial charge on any atom is 0.573 e. The van der Waals surface area contributed by atoms with E-state index in [9.17, 15) is 31.2 Å². The lowest BCUT2D eigenvalue weighted by molar-refractivity contribution is -0.274. The molecule has 11 heteroatoms. The minimum absolute atomic E-state index is 0.0720. The van der Waals surface area contributed by atoms with Crippen molar-refractivity contribution in [1.29, 1.82) is 5.41 Å². The van der Waals surface area contributed by atoms with Gasteiger partial charge in [-0.15, -0.1) is 13.2 Å². The Bertz CT molecular complexity index is 1300. The smallest absolute Gasteiger partial charge is 0.495 e. The topological polar surface area (TPSA) is 111 Å². The molecule has 1 unspecified atom stereocenters. The average Bonchev–Trinajstić information content (AvgIpc) is 2.81. The standard InChI is InChI=1S/C25H24F3NO6S/c1-34-22-14-16(9-11-21(31)19-7-2-3-8-20(19)30)10-12-23(22)36(32,33)24(29)15-17-5-4-6-18(13-17)35-25(26,27)28/h4-6,9-14,19,29H,2-3,7-8,15H2,1H3/b11-9+,29-24?. The van der Waals surface area contributed by atoms with Crippen LogP contribution in [0, 0.1) is 11.3 Å². The van der Waals surface area contributed by atoms with Crippen LogP contribution in [-0.2, 0) is 25.8 Å². The third-order valence-corrected chi connectivity index (χ3v) is 7.35. The predicted octanol–water partition coefficient (Wildman–Crippen LogP) is 4.93. The summed E-state index contributed by atoms with van der Waals surface area (Å²) in [6.07, 6.45) is -0.144. The SMILES string of the molecule is COc1cc(/C=C/C(=O)C2CCCCC2=O)ccc1S(=O)(=O)C(=N)Cc1cccc(OC(F)(F)F)c1. The van der Waals surface area contributed by atoms with Crippen LogP contribution < -0.4 is 9.47 Å². The number of ketones is 2. The van der Waals surface area contributed by atoms with Crippen LogP contribution >= 0.6 is 0 Å². The molecule has 7 nitrogen and oxygen atoms in total. The number of nitrogens with one attached hydrogen (secondary N) is 1. The molecule has 0 amide bonds. The number of rotatable bonds is 8. The molecular formula is C25H24F3NO6S. The molecule has 2 aromatic carbocycles. The lowest BCUT2D eigenvalue weighted by Gasteiger charge is -2.17. The Morgan fingerprint density at radius 2 is 1.92 bits per heavy atom. The largest absolute Gasteiger partial charge is 0.573 e. The molecule has 0 heterocycles. The van der Waals surface area contributed by atoms with Crippen molar-refractivity contribution in [3.63, 3.8) is 0 Å². The maximum absolute atomic E-state index is 13.0. The van der Waals surface area contributed by atoms with Gasteiger partial charge in [0.05, 0.1) is 13.0 Å². The van der Waals surface area contributed by atoms with Crippen molar-refractivity contribution < 1.29 is 40.7 Å². The fourth-order valence-corrected chi connectivity index (χ4v) is 5.13. The fraction of sp³-hybridized carbons (Fsp3) is 0.320. The summed E-state index contributed by atoms with van der Waals surface area (Å²) in [5.41, 5.74) is 0.588. The molecule has 0 bridgehead atoms. The second kappa shape index (κ2) is 11.1. The molecule has 0 radical (unpaired) electrons. The Labute approximate surface area is 206 Å². The summed E-state index contributed by atoms with van der Waals surface area (Å²) in [6.45, 7) is 0. The highest BCUT2D eigenvalue weighted by molar-refractivity contribution is 8.06. The number of hydrogen-bond donors (Lipinski definition) is 1. The molecule has 0 aromatic heterocycles. The zero-order valence-corrected chi connectivity index (χ0v) is 20.1. The molecule has 3 rings (SSSR count). The van der Waals surface area contributed by atoms with E-state index in [4.69, 9.17) is 10.1 Å². The number of sulfone groups is 1. The molecule has 1 N–H and O–H groups in total. The number of methoxy groups -OCH3 is 1. The zero-order chi connectivity index (χ0) is 26.5. The van der Waals surface area contributed by atoms with Gasteiger partial charge < -0.3 is 9.47 Å². The summed E-state index contributed by atoms with van der Waals surface area (Å²) in [5.74, 6) is -1.64. The van der Waals surface area contributed by atoms with Gasteiger partial charge in [0.1, 0.15) is 27.2 Å². The van der Waals surface area contributed by atoms with Crippen LogP contribution in [0.4, 0.5) is 13.2 Å². The van der Waals surface area contributed by atoms with E-state index in [2.05, 4.69) is 4.74 Å². The molecule has 1 aliphatic rings. The zero-order valence-electron chi connectivity index (χ0n) is 19.3. The molecule has 0 saturated heterocycles. The highest BCUT2D eigenvalue weighted by atomic mass is 32.2. The third-order valence-electron chi connectivity index (χ3n) is 5.64. The predicted molar refractivity (Wildman–Crippen MR) is 126 cm³/mol. The van der Waals surface area contributed by atoms with Gasteiger partial charge in [0.15, 0.2) is 5.78 Å². The van der Waals surface area contributed by atoms with Crippen molar-refractivity contribution in [1.82, 2.24) is 0 Å². The molecule has 0 spiro atoms. The van der Waals surface area contributed by atoms with Crippen molar-refractivity contribution >= 4 is 32.5 Å². The second-order valence-corrected chi connectivity index (χ2v) is 10.1. The minimum Gasteiger partial charge on any atom is -0.495 e. The van der Waals surface area contributed by atoms with Crippen LogP contribution in [0.15, 0.2) is 53.4 Å². The molecule has 192 valence electrons. The van der Waals surface area contributed by atoms with Crippen LogP contribution in [-0.4, -0.2) is 38.5 Å². The fourth-order valence-electron chi connectivity index (χ4n) is 3.85. The van der Waals surface area contributed by atoms with Gasteiger partial charge >= 0.3 is 6.36 Å². The van der Waals surface area contributed by atoms with E-state index in [1.54, 1.807) is 0 Å². The molecule has 1 aliphatic carbocycles. The van der Waals surface area contributed by atoms with Crippen LogP contribution in [0.2, 0.25) is 0 Å². The normalized spacial score (nSPS) is 16.7. The van der Waals surface area contributed by atoms with Gasteiger partial charge in [-0.2, -0.15) is 0 Å². The van der Waals surface area contributed by atoms with Crippen molar-refractivity contribution in [2.75, 3.05) is 7.11 Å². The number of alkyl halides is 3. The minimum atomic E-state index is -4.90. The number of allylic oxidation sites excluding steroid dienone is 1. The highest BCUT2D eigenvalue weighted by Crippen LogP contribution is 2.29. The van der Waals surface area contributed by atoms with Crippen LogP contribution in [0.3, 0.4) is 0 Å². The van der Waals surface area contributed by atoms with E-state index in [-0.39, 0.29) is 27.8 Å². The number of carbonyl (C=O) groups excluding carboxylic acids is 2. The monoisotopic (exact) mass is 523 g/mol. The van der Waals surface area contributed by atoms with Crippen molar-refractivity contribution in [2.45, 2.75) is 43.4 Å². The maximum atomic E-state index is 13.0. The van der Waals surface area contributed by atoms with Gasteiger partial charge in [0.25, 0.3) is 0 Å². The van der Waals surface area contributed by atoms with Crippen molar-refractivity contribution in [2.24, 2.45) is 5.92 Å². The molecule has 36 heavy (non-hydrogen) atoms. The summed E-state index contributed by atoms with van der Waals surface area (Å²) < 4.78 is 72.5. The third kappa shape index (κ3) is 6.81. The Morgan fingerprint density at radius 3 is 2.58 bits per heavy atom. The van der Waals surface area contributed by atoms with Crippen LogP contribution in [0.25, 0.3) is 6.08 Å². The lowest BCUT2D eigenvalue weighted by Crippen LogP contribution is -2.25. The average molecular weight is 524 g/mol. The Balaban J connectivity index is 1.78. The van der Waals surface area contributed by atoms with E-state index in [0.29, 0.717) is 18.4 Å². The van der Waals surface area contributed by atoms with Gasteiger partial charge in [0.2, 0.25) is 9.84 Å². The Hall–Kier alpha value is -3.47. The quantitative estimate of drug-likeness (QED) is 0.227. The van der Waals surface area contributed by atoms with Gasteiger partial charge in [-0.3, -0.25) is 15.0 Å². The Morgan fingerprint density at radius 1 is 1.17 bits per heavy atom. The molecular weight excluding hydrogens is 499 g/mol. The second-order valence-electron chi connectivity index (χ2n) is 8.21. The summed E-state index contributed by atoms with van der Waals surface area (Å²) in [7, 11) is -3.10. The van der Waals surface area contributed by atoms with Crippen molar-refractivity contribution in [3.05, 3.63) is 59.7 Å². The van der Waals surface area contributed by atoms with Gasteiger partial charge in [-0.05, 0) is 54.3 Å². The Kier molecular flexibility index (Phi) is 8.34. The van der Waals surface area contributed by atoms with Crippen LogP contribution in [0.1, 0.15) is 36.8 Å². The summed E-state index contributed by atoms with van der Waals surface area (Å²) in [4.78, 5) is 24.0. The van der Waals surface area contributed by atoms with Crippen molar-refractivity contribution in [3.8, 4) is 11.5 Å². The number of benzene rings is 2. The number of carbonyl (C=O) groups is 2. The summed E-state index contributed by atoms with van der Waals surface area (Å²) in [5, 5.41) is 7.36. The number of halogens is 3. The van der Waals surface area contributed by atoms with E-state index in [1.165, 1.54) is 49.6 Å². The number of Topliss-reactive ketones (excluding diaryl/α,β-unsaturated/α-hetero) is 1. The van der Waals surface area contributed by atoms with Gasteiger partial charge in [-0.25, -0.2) is 8.42 Å². The first-order valence-corrected chi connectivity index (χ1v) is 12.5. The number of ether oxygens (including phenoxy) is 2. The molecule has 1 fully saturated rings. The van der Waals surface area contributed by atoms with E-state index < -0.39 is 39.3 Å². The van der Waals surface area contributed by atoms with Gasteiger partial charge in [-0.1, -0.05) is 30.7 Å². The molecule has 1 atom stereocenters. The van der Waals surface area contributed by atoms with Gasteiger partial charge in [0, 0.05) is 12.8 Å². The first-order valence-electron chi connectivity index (χ1n) is 11.0. The molecule has 0 aliphatic heterocycles. The summed E-state index contributed by atoms with van der Waals surface area (Å²) in [6, 6.07) is 8.75. The lowest BCUT2D eigenvalue weighted by atomic mass is 9.85. The van der Waals surface area contributed by atoms with E-state index in [0.717, 1.165) is 25.0 Å².